The van der Waals surface area contributed by atoms with E-state index in [4.69, 9.17) is 35.3 Å². The van der Waals surface area contributed by atoms with Gasteiger partial charge >= 0.3 is 12.2 Å². The molecule has 15 heteroatoms. The van der Waals surface area contributed by atoms with Gasteiger partial charge in [-0.2, -0.15) is 0 Å². The third-order valence-corrected chi connectivity index (χ3v) is 11.4. The predicted molar refractivity (Wildman–Crippen MR) is 188 cm³/mol. The van der Waals surface area contributed by atoms with E-state index >= 15 is 0 Å². The zero-order valence-electron chi connectivity index (χ0n) is 29.7. The first kappa shape index (κ1) is 38.9. The van der Waals surface area contributed by atoms with E-state index in [1.807, 2.05) is 25.1 Å². The molecule has 276 valence electrons. The number of hydrogen-bond donors (Lipinski definition) is 4. The lowest BCUT2D eigenvalue weighted by Gasteiger charge is -2.59. The Bertz CT molecular complexity index is 1490. The highest BCUT2D eigenvalue weighted by Crippen LogP contribution is 2.50. The molecule has 0 saturated carbocycles. The lowest BCUT2D eigenvalue weighted by Crippen LogP contribution is -2.73. The number of anilines is 1. The quantitative estimate of drug-likeness (QED) is 0.184. The third-order valence-electron chi connectivity index (χ3n) is 9.60. The summed E-state index contributed by atoms with van der Waals surface area (Å²) in [4.78, 5) is 41.2. The molecule has 2 saturated heterocycles. The SMILES string of the molecule is COc1cc2cc(c1Cl)N(C)C(=O)C[C@H](OC(=O)NCCC[SH](C)(C)=O)[C@@]1(C)CC(C)(O1)[C@@H]1C[C@@](O)(NC(=O)O1)[C@H](OC)CC/C=C(\C)C2. The number of carbonyl (C=O) groups excluding carboxylic acids is 3. The molecule has 4 aliphatic heterocycles. The molecule has 0 aliphatic carbocycles. The van der Waals surface area contributed by atoms with Gasteiger partial charge in [0.2, 0.25) is 5.91 Å². The number of fused-ring (bicyclic) bond motifs is 7. The minimum Gasteiger partial charge on any atom is -0.495 e. The minimum atomic E-state index is -2.26. The monoisotopic (exact) mass is 729 g/mol. The number of amides is 3. The second kappa shape index (κ2) is 15.1. The average molecular weight is 730 g/mol. The zero-order chi connectivity index (χ0) is 36.4. The van der Waals surface area contributed by atoms with Gasteiger partial charge in [-0.3, -0.25) is 14.3 Å². The summed E-state index contributed by atoms with van der Waals surface area (Å²) < 4.78 is 41.4. The first-order valence-corrected chi connectivity index (χ1v) is 19.7. The first-order valence-electron chi connectivity index (χ1n) is 16.5. The van der Waals surface area contributed by atoms with Crippen LogP contribution < -0.4 is 20.3 Å². The van der Waals surface area contributed by atoms with Crippen LogP contribution >= 0.6 is 11.6 Å². The molecule has 0 aromatic heterocycles. The standard InChI is InChI=1S/C34H52ClN3O10S/c1-21-11-9-12-25(45-6)34(42)19-27(47-31(41)37-34)33(3)20-32(2,48-33)26(46-30(40)36-13-10-14-49(7,8)43)18-28(39)38(4)23-16-22(15-21)17-24(44-5)29(23)35/h11,16-17,25-27,42,49H,9-10,12-15,18-20H2,1-8H3,(H,36,40)(H,37,41)/b21-11+/t25-,26+,27+,32-,33?,34+/m1/s1. The molecule has 49 heavy (non-hydrogen) atoms. The number of allylic oxidation sites excluding steroid dienone is 2. The Morgan fingerprint density at radius 3 is 2.53 bits per heavy atom. The lowest BCUT2D eigenvalue weighted by molar-refractivity contribution is -0.327. The van der Waals surface area contributed by atoms with Gasteiger partial charge < -0.3 is 39.0 Å². The summed E-state index contributed by atoms with van der Waals surface area (Å²) in [7, 11) is 2.32. The number of benzene rings is 1. The normalized spacial score (nSPS) is 32.5. The van der Waals surface area contributed by atoms with Crippen LogP contribution in [0.5, 0.6) is 5.75 Å². The van der Waals surface area contributed by atoms with Crippen LogP contribution in [0.2, 0.25) is 5.02 Å². The summed E-state index contributed by atoms with van der Waals surface area (Å²) in [6, 6.07) is 3.64. The van der Waals surface area contributed by atoms with E-state index in [9.17, 15) is 23.7 Å². The van der Waals surface area contributed by atoms with Crippen molar-refractivity contribution < 1.29 is 47.4 Å². The van der Waals surface area contributed by atoms with Crippen LogP contribution in [-0.2, 0) is 40.1 Å². The molecule has 3 N–H and O–H groups in total. The maximum atomic E-state index is 13.9. The largest absolute Gasteiger partial charge is 0.495 e. The fourth-order valence-corrected chi connectivity index (χ4v) is 8.27. The molecule has 13 nitrogen and oxygen atoms in total. The number of methoxy groups -OCH3 is 2. The summed E-state index contributed by atoms with van der Waals surface area (Å²) in [6.45, 7) is 5.69. The molecule has 4 aliphatic rings. The van der Waals surface area contributed by atoms with Crippen molar-refractivity contribution in [3.05, 3.63) is 34.4 Å². The van der Waals surface area contributed by atoms with Crippen molar-refractivity contribution in [1.82, 2.24) is 10.6 Å². The van der Waals surface area contributed by atoms with Gasteiger partial charge in [0.1, 0.15) is 40.3 Å². The summed E-state index contributed by atoms with van der Waals surface area (Å²) in [5.74, 6) is 0.465. The average Bonchev–Trinajstić information content (AvgIpc) is 2.99. The van der Waals surface area contributed by atoms with Crippen LogP contribution in [0.4, 0.5) is 15.3 Å². The molecule has 1 aromatic carbocycles. The van der Waals surface area contributed by atoms with Gasteiger partial charge in [0.05, 0.1) is 19.2 Å². The van der Waals surface area contributed by atoms with Gasteiger partial charge in [-0.05, 0) is 76.7 Å². The number of aliphatic hydroxyl groups is 1. The Balaban J connectivity index is 1.70. The van der Waals surface area contributed by atoms with Gasteiger partial charge in [-0.15, -0.1) is 9.93 Å². The van der Waals surface area contributed by atoms with Crippen LogP contribution in [0.25, 0.3) is 0 Å². The van der Waals surface area contributed by atoms with Crippen molar-refractivity contribution in [2.24, 2.45) is 0 Å². The number of alkyl carbamates (subject to hydrolysis) is 2. The van der Waals surface area contributed by atoms with Crippen LogP contribution in [0.15, 0.2) is 23.8 Å². The van der Waals surface area contributed by atoms with Crippen LogP contribution in [-0.4, -0.2) is 109 Å². The van der Waals surface area contributed by atoms with E-state index in [2.05, 4.69) is 10.6 Å². The molecule has 0 spiro atoms. The fraction of sp³-hybridized carbons (Fsp3) is 0.676. The molecule has 0 radical (unpaired) electrons. The number of nitrogens with one attached hydrogen (secondary N) is 2. The highest BCUT2D eigenvalue weighted by atomic mass is 35.5. The van der Waals surface area contributed by atoms with Gasteiger partial charge in [0.15, 0.2) is 5.72 Å². The summed E-state index contributed by atoms with van der Waals surface area (Å²) in [6.07, 6.45) is 3.05. The van der Waals surface area contributed by atoms with E-state index in [0.717, 1.165) is 11.1 Å². The lowest BCUT2D eigenvalue weighted by atomic mass is 9.72. The van der Waals surface area contributed by atoms with E-state index in [0.29, 0.717) is 42.9 Å². The maximum absolute atomic E-state index is 13.9. The molecule has 1 aromatic rings. The number of nitrogens with zero attached hydrogens (tertiary/aromatic N) is 1. The number of halogens is 1. The molecule has 5 rings (SSSR count). The van der Waals surface area contributed by atoms with Crippen LogP contribution in [0, 0.1) is 0 Å². The molecule has 6 bridgehead atoms. The highest BCUT2D eigenvalue weighted by molar-refractivity contribution is 8.01. The summed E-state index contributed by atoms with van der Waals surface area (Å²) in [5, 5.41) is 17.2. The van der Waals surface area contributed by atoms with Crippen LogP contribution in [0.1, 0.15) is 64.9 Å². The highest BCUT2D eigenvalue weighted by Gasteiger charge is 2.63. The van der Waals surface area contributed by atoms with Gasteiger partial charge in [0, 0.05) is 39.3 Å². The van der Waals surface area contributed by atoms with Crippen LogP contribution in [0.3, 0.4) is 0 Å². The Kier molecular flexibility index (Phi) is 12.0. The number of hydrogen-bond acceptors (Lipinski definition) is 10. The third kappa shape index (κ3) is 9.26. The fourth-order valence-electron chi connectivity index (χ4n) is 7.04. The minimum absolute atomic E-state index is 0.0248. The second-order valence-electron chi connectivity index (χ2n) is 14.3. The molecule has 4 heterocycles. The molecule has 3 amide bonds. The van der Waals surface area contributed by atoms with Crippen molar-refractivity contribution in [1.29, 1.82) is 0 Å². The zero-order valence-corrected chi connectivity index (χ0v) is 31.4. The number of thiol groups is 1. The topological polar surface area (TPSA) is 162 Å². The van der Waals surface area contributed by atoms with Gasteiger partial charge in [-0.1, -0.05) is 23.3 Å². The smallest absolute Gasteiger partial charge is 0.409 e. The van der Waals surface area contributed by atoms with Crippen molar-refractivity contribution in [3.8, 4) is 5.75 Å². The van der Waals surface area contributed by atoms with E-state index in [1.54, 1.807) is 33.4 Å². The summed E-state index contributed by atoms with van der Waals surface area (Å²) in [5.41, 5.74) is -1.70. The number of rotatable bonds is 7. The Morgan fingerprint density at radius 1 is 1.20 bits per heavy atom. The molecule has 6 atom stereocenters. The Morgan fingerprint density at radius 2 is 1.90 bits per heavy atom. The van der Waals surface area contributed by atoms with Crippen molar-refractivity contribution in [2.45, 2.75) is 101 Å². The van der Waals surface area contributed by atoms with E-state index in [1.165, 1.54) is 19.1 Å². The molecular formula is C34H52ClN3O10S. The van der Waals surface area contributed by atoms with E-state index < -0.39 is 63.3 Å². The van der Waals surface area contributed by atoms with Crippen molar-refractivity contribution >= 4 is 45.3 Å². The molecule has 2 fully saturated rings. The Labute approximate surface area is 294 Å². The number of carbonyl (C=O) groups is 3. The maximum Gasteiger partial charge on any atom is 0.409 e. The summed E-state index contributed by atoms with van der Waals surface area (Å²) >= 11 is 6.72. The van der Waals surface area contributed by atoms with Crippen molar-refractivity contribution in [2.75, 3.05) is 51.0 Å². The molecule has 1 unspecified atom stereocenters. The first-order chi connectivity index (χ1) is 22.8. The predicted octanol–water partition coefficient (Wildman–Crippen LogP) is 3.89. The molecular weight excluding hydrogens is 678 g/mol. The van der Waals surface area contributed by atoms with Crippen molar-refractivity contribution in [3.63, 3.8) is 0 Å². The Hall–Kier alpha value is -2.91. The van der Waals surface area contributed by atoms with Gasteiger partial charge in [0.25, 0.3) is 0 Å². The second-order valence-corrected chi connectivity index (χ2v) is 18.3. The van der Waals surface area contributed by atoms with Gasteiger partial charge in [-0.25, -0.2) is 9.59 Å². The van der Waals surface area contributed by atoms with E-state index in [-0.39, 0.29) is 30.8 Å². The number of ether oxygens (including phenoxy) is 5.